The highest BCUT2D eigenvalue weighted by Gasteiger charge is 2.39. The van der Waals surface area contributed by atoms with E-state index in [1.165, 1.54) is 31.4 Å². The summed E-state index contributed by atoms with van der Waals surface area (Å²) < 4.78 is 10.7. The van der Waals surface area contributed by atoms with Gasteiger partial charge >= 0.3 is 0 Å². The molecule has 0 radical (unpaired) electrons. The molecular weight excluding hydrogens is 420 g/mol. The van der Waals surface area contributed by atoms with Crippen molar-refractivity contribution in [3.05, 3.63) is 114 Å². The first-order valence-corrected chi connectivity index (χ1v) is 12.3. The highest BCUT2D eigenvalue weighted by atomic mass is 32.2. The molecule has 0 bridgehead atoms. The van der Waals surface area contributed by atoms with Gasteiger partial charge in [0.15, 0.2) is 19.6 Å². The lowest BCUT2D eigenvalue weighted by Gasteiger charge is -2.13. The van der Waals surface area contributed by atoms with Crippen LogP contribution in [0.2, 0.25) is 0 Å². The van der Waals surface area contributed by atoms with E-state index in [1.807, 2.05) is 12.1 Å². The smallest absolute Gasteiger partial charge is 0.208 e. The topological polar surface area (TPSA) is 18.5 Å². The van der Waals surface area contributed by atoms with Crippen LogP contribution in [0.3, 0.4) is 0 Å². The molecular formula is C27H26O2S2+2. The predicted octanol–water partition coefficient (Wildman–Crippen LogP) is 5.99. The number of ether oxygens (including phenoxy) is 2. The largest absolute Gasteiger partial charge is 0.497 e. The third-order valence-corrected chi connectivity index (χ3v) is 8.79. The van der Waals surface area contributed by atoms with E-state index in [2.05, 4.69) is 97.1 Å². The van der Waals surface area contributed by atoms with Crippen LogP contribution in [0.1, 0.15) is 0 Å². The van der Waals surface area contributed by atoms with Crippen molar-refractivity contribution in [2.75, 3.05) is 14.2 Å². The van der Waals surface area contributed by atoms with Gasteiger partial charge in [-0.3, -0.25) is 0 Å². The molecule has 2 nitrogen and oxygen atoms in total. The Morgan fingerprint density at radius 3 is 1.94 bits per heavy atom. The lowest BCUT2D eigenvalue weighted by Crippen LogP contribution is -2.19. The summed E-state index contributed by atoms with van der Waals surface area (Å²) in [6, 6.07) is 27.6. The summed E-state index contributed by atoms with van der Waals surface area (Å²) in [5.74, 6) is 1.76. The maximum absolute atomic E-state index is 5.39. The average molecular weight is 447 g/mol. The normalized spacial score (nSPS) is 16.3. The maximum Gasteiger partial charge on any atom is 0.208 e. The zero-order chi connectivity index (χ0) is 21.5. The van der Waals surface area contributed by atoms with Gasteiger partial charge in [-0.2, -0.15) is 0 Å². The molecule has 0 N–H and O–H groups in total. The number of benzene rings is 3. The SMILES string of the molecule is COc1ccc([SH+]C2C=CC=CC=C2[S+](c2ccccc2)c2ccc(OC)cc2)cc1. The molecule has 4 heteroatoms. The molecule has 0 saturated heterocycles. The van der Waals surface area contributed by atoms with Gasteiger partial charge in [0, 0.05) is 11.8 Å². The summed E-state index contributed by atoms with van der Waals surface area (Å²) in [5.41, 5.74) is 0. The van der Waals surface area contributed by atoms with Crippen molar-refractivity contribution in [1.29, 1.82) is 0 Å². The lowest BCUT2D eigenvalue weighted by atomic mass is 10.3. The molecule has 0 aromatic heterocycles. The summed E-state index contributed by atoms with van der Waals surface area (Å²) in [5, 5.41) is 0.272. The Balaban J connectivity index is 1.73. The standard InChI is InChI=1S/C27H25O2S2/c1-28-21-13-17-23(18-14-21)30-26-11-7-4-8-12-27(26)31(24-9-5-3-6-10-24)25-19-15-22(29-2)16-20-25/h3-20,26H,1-2H3/q+1/p+1. The van der Waals surface area contributed by atoms with Gasteiger partial charge in [0.1, 0.15) is 22.4 Å². The third kappa shape index (κ3) is 5.27. The van der Waals surface area contributed by atoms with E-state index in [9.17, 15) is 0 Å². The summed E-state index contributed by atoms with van der Waals surface area (Å²) in [4.78, 5) is 5.28. The molecule has 2 atom stereocenters. The van der Waals surface area contributed by atoms with Crippen molar-refractivity contribution in [3.63, 3.8) is 0 Å². The van der Waals surface area contributed by atoms with Gasteiger partial charge in [0.2, 0.25) is 5.25 Å². The molecule has 31 heavy (non-hydrogen) atoms. The number of rotatable bonds is 7. The molecule has 0 fully saturated rings. The van der Waals surface area contributed by atoms with E-state index >= 15 is 0 Å². The van der Waals surface area contributed by atoms with Crippen LogP contribution in [0.5, 0.6) is 11.5 Å². The van der Waals surface area contributed by atoms with E-state index < -0.39 is 0 Å². The quantitative estimate of drug-likeness (QED) is 0.328. The summed E-state index contributed by atoms with van der Waals surface area (Å²) >= 11 is 1.25. The van der Waals surface area contributed by atoms with Crippen LogP contribution in [0.25, 0.3) is 0 Å². The van der Waals surface area contributed by atoms with Gasteiger partial charge in [0.25, 0.3) is 0 Å². The number of hydrogen-bond acceptors (Lipinski definition) is 2. The Hall–Kier alpha value is -2.82. The maximum atomic E-state index is 5.39. The molecule has 4 rings (SSSR count). The van der Waals surface area contributed by atoms with Crippen LogP contribution in [-0.2, 0) is 22.7 Å². The molecule has 0 saturated carbocycles. The Bertz CT molecular complexity index is 1070. The van der Waals surface area contributed by atoms with Crippen LogP contribution in [0.15, 0.2) is 129 Å². The van der Waals surface area contributed by atoms with Crippen molar-refractivity contribution in [2.45, 2.75) is 19.9 Å². The fourth-order valence-electron chi connectivity index (χ4n) is 3.38. The molecule has 3 aromatic rings. The molecule has 0 heterocycles. The van der Waals surface area contributed by atoms with Gasteiger partial charge in [-0.25, -0.2) is 0 Å². The summed E-state index contributed by atoms with van der Waals surface area (Å²) in [7, 11) is 3.21. The van der Waals surface area contributed by atoms with Gasteiger partial charge < -0.3 is 9.47 Å². The molecule has 2 unspecified atom stereocenters. The first-order valence-electron chi connectivity index (χ1n) is 10.1. The first kappa shape index (κ1) is 21.4. The molecule has 3 aromatic carbocycles. The van der Waals surface area contributed by atoms with Crippen molar-refractivity contribution in [2.24, 2.45) is 0 Å². The zero-order valence-corrected chi connectivity index (χ0v) is 19.4. The zero-order valence-electron chi connectivity index (χ0n) is 17.6. The van der Waals surface area contributed by atoms with Gasteiger partial charge in [0.05, 0.1) is 14.2 Å². The fraction of sp³-hybridized carbons (Fsp3) is 0.111. The van der Waals surface area contributed by atoms with Crippen LogP contribution in [0, 0.1) is 0 Å². The van der Waals surface area contributed by atoms with Gasteiger partial charge in [-0.05, 0) is 72.8 Å². The average Bonchev–Trinajstić information content (AvgIpc) is 3.06. The monoisotopic (exact) mass is 446 g/mol. The minimum atomic E-state index is -0.197. The second-order valence-corrected chi connectivity index (χ2v) is 10.3. The highest BCUT2D eigenvalue weighted by molar-refractivity contribution is 8.01. The molecule has 0 spiro atoms. The Kier molecular flexibility index (Phi) is 7.23. The number of allylic oxidation sites excluding steroid dienone is 4. The van der Waals surface area contributed by atoms with Crippen molar-refractivity contribution in [3.8, 4) is 11.5 Å². The first-order chi connectivity index (χ1) is 15.3. The van der Waals surface area contributed by atoms with E-state index in [0.29, 0.717) is 0 Å². The highest BCUT2D eigenvalue weighted by Crippen LogP contribution is 2.36. The van der Waals surface area contributed by atoms with E-state index in [4.69, 9.17) is 9.47 Å². The van der Waals surface area contributed by atoms with Crippen LogP contribution >= 0.6 is 0 Å². The molecule has 156 valence electrons. The summed E-state index contributed by atoms with van der Waals surface area (Å²) in [6.45, 7) is 0. The molecule has 0 amide bonds. The van der Waals surface area contributed by atoms with Gasteiger partial charge in [-0.15, -0.1) is 0 Å². The van der Waals surface area contributed by atoms with E-state index in [-0.39, 0.29) is 16.1 Å². The minimum absolute atomic E-state index is 0.197. The molecule has 1 aliphatic carbocycles. The Morgan fingerprint density at radius 2 is 1.29 bits per heavy atom. The van der Waals surface area contributed by atoms with Crippen molar-refractivity contribution < 1.29 is 9.47 Å². The molecule has 0 aliphatic heterocycles. The van der Waals surface area contributed by atoms with Crippen LogP contribution in [0.4, 0.5) is 0 Å². The second-order valence-electron chi connectivity index (χ2n) is 6.91. The van der Waals surface area contributed by atoms with Crippen LogP contribution < -0.4 is 9.47 Å². The fourth-order valence-corrected chi connectivity index (χ4v) is 7.08. The number of hydrogen-bond donors (Lipinski definition) is 0. The van der Waals surface area contributed by atoms with E-state index in [1.54, 1.807) is 14.2 Å². The van der Waals surface area contributed by atoms with Crippen LogP contribution in [-0.4, -0.2) is 19.5 Å². The second kappa shape index (κ2) is 10.5. The summed E-state index contributed by atoms with van der Waals surface area (Å²) in [6.07, 6.45) is 11.0. The molecule has 1 aliphatic rings. The Morgan fingerprint density at radius 1 is 0.677 bits per heavy atom. The van der Waals surface area contributed by atoms with Crippen molar-refractivity contribution >= 4 is 22.7 Å². The minimum Gasteiger partial charge on any atom is -0.497 e. The van der Waals surface area contributed by atoms with Crippen molar-refractivity contribution in [1.82, 2.24) is 0 Å². The Labute approximate surface area is 191 Å². The number of methoxy groups -OCH3 is 2. The van der Waals surface area contributed by atoms with E-state index in [0.717, 1.165) is 11.5 Å². The number of thiol groups is 1. The third-order valence-electron chi connectivity index (χ3n) is 4.94. The predicted molar refractivity (Wildman–Crippen MR) is 134 cm³/mol. The van der Waals surface area contributed by atoms with Gasteiger partial charge in [-0.1, -0.05) is 36.4 Å². The lowest BCUT2D eigenvalue weighted by molar-refractivity contribution is 0.414.